The maximum Gasteiger partial charge on any atom is 0.277 e. The Morgan fingerprint density at radius 2 is 1.80 bits per heavy atom. The first-order valence-electron chi connectivity index (χ1n) is 7.27. The fourth-order valence-corrected chi connectivity index (χ4v) is 2.01. The summed E-state index contributed by atoms with van der Waals surface area (Å²) in [6.07, 6.45) is 2.47. The minimum absolute atomic E-state index is 0.385. The Balaban J connectivity index is 1.94. The van der Waals surface area contributed by atoms with E-state index >= 15 is 0 Å². The zero-order valence-electron chi connectivity index (χ0n) is 13.4. The largest absolute Gasteiger partial charge is 0.495 e. The van der Waals surface area contributed by atoms with Gasteiger partial charge in [-0.2, -0.15) is 0 Å². The van der Waals surface area contributed by atoms with Gasteiger partial charge in [0.1, 0.15) is 5.75 Å². The Kier molecular flexibility index (Phi) is 6.31. The molecule has 0 heterocycles. The number of ketones is 1. The molecule has 0 saturated heterocycles. The molecule has 0 aromatic heterocycles. The van der Waals surface area contributed by atoms with Gasteiger partial charge in [-0.1, -0.05) is 23.7 Å². The van der Waals surface area contributed by atoms with Gasteiger partial charge in [0.25, 0.3) is 5.91 Å². The standard InChI is InChI=1S/C18H16ClN3O3/c1-25-16-5-3-2-4-14(16)22-18(24)17(20)15(23)10-11-21-13-8-6-12(19)7-9-13/h2-11,20-21H,1H3,(H,22,24)/b11-10-,20-17?. The second-order valence-electron chi connectivity index (χ2n) is 4.88. The van der Waals surface area contributed by atoms with Crippen LogP contribution < -0.4 is 15.4 Å². The van der Waals surface area contributed by atoms with Crippen LogP contribution in [0.3, 0.4) is 0 Å². The highest BCUT2D eigenvalue weighted by Crippen LogP contribution is 2.22. The van der Waals surface area contributed by atoms with E-state index in [4.69, 9.17) is 21.7 Å². The molecule has 2 aromatic carbocycles. The number of anilines is 2. The number of hydrogen-bond acceptors (Lipinski definition) is 5. The molecule has 2 rings (SSSR count). The van der Waals surface area contributed by atoms with Crippen LogP contribution in [0.2, 0.25) is 5.02 Å². The van der Waals surface area contributed by atoms with E-state index in [0.717, 1.165) is 11.8 Å². The zero-order valence-corrected chi connectivity index (χ0v) is 14.1. The van der Waals surface area contributed by atoms with Crippen molar-refractivity contribution in [3.8, 4) is 5.75 Å². The summed E-state index contributed by atoms with van der Waals surface area (Å²) < 4.78 is 5.11. The number of halogens is 1. The van der Waals surface area contributed by atoms with Crippen LogP contribution in [0.15, 0.2) is 60.8 Å². The predicted molar refractivity (Wildman–Crippen MR) is 98.6 cm³/mol. The molecule has 0 saturated carbocycles. The van der Waals surface area contributed by atoms with Crippen LogP contribution in [0.5, 0.6) is 5.75 Å². The molecule has 2 aromatic rings. The minimum atomic E-state index is -0.814. The molecule has 0 bridgehead atoms. The van der Waals surface area contributed by atoms with E-state index in [1.165, 1.54) is 13.3 Å². The van der Waals surface area contributed by atoms with E-state index in [1.807, 2.05) is 0 Å². The van der Waals surface area contributed by atoms with Crippen LogP contribution in [-0.2, 0) is 9.59 Å². The molecule has 3 N–H and O–H groups in total. The summed E-state index contributed by atoms with van der Waals surface area (Å²) in [6, 6.07) is 13.6. The third-order valence-electron chi connectivity index (χ3n) is 3.16. The maximum absolute atomic E-state index is 12.0. The number of allylic oxidation sites excluding steroid dienone is 1. The molecule has 0 radical (unpaired) electrons. The van der Waals surface area contributed by atoms with Gasteiger partial charge >= 0.3 is 0 Å². The van der Waals surface area contributed by atoms with E-state index in [9.17, 15) is 9.59 Å². The second-order valence-corrected chi connectivity index (χ2v) is 5.31. The Morgan fingerprint density at radius 1 is 1.12 bits per heavy atom. The fourth-order valence-electron chi connectivity index (χ4n) is 1.89. The SMILES string of the molecule is COc1ccccc1NC(=O)C(=N)C(=O)/C=C\Nc1ccc(Cl)cc1. The summed E-state index contributed by atoms with van der Waals surface area (Å²) in [7, 11) is 1.46. The Hall–Kier alpha value is -3.12. The van der Waals surface area contributed by atoms with Crippen molar-refractivity contribution in [3.05, 3.63) is 65.8 Å². The van der Waals surface area contributed by atoms with E-state index in [1.54, 1.807) is 48.5 Å². The Morgan fingerprint density at radius 3 is 2.48 bits per heavy atom. The first-order valence-corrected chi connectivity index (χ1v) is 7.65. The number of carbonyl (C=O) groups is 2. The summed E-state index contributed by atoms with van der Waals surface area (Å²) in [5.74, 6) is -1.10. The highest BCUT2D eigenvalue weighted by Gasteiger charge is 2.17. The maximum atomic E-state index is 12.0. The lowest BCUT2D eigenvalue weighted by Gasteiger charge is -2.09. The van der Waals surface area contributed by atoms with Crippen molar-refractivity contribution in [2.24, 2.45) is 0 Å². The molecule has 7 heteroatoms. The quantitative estimate of drug-likeness (QED) is 0.402. The van der Waals surface area contributed by atoms with E-state index in [2.05, 4.69) is 10.6 Å². The van der Waals surface area contributed by atoms with Crippen LogP contribution >= 0.6 is 11.6 Å². The van der Waals surface area contributed by atoms with Crippen LogP contribution in [0.25, 0.3) is 0 Å². The number of benzene rings is 2. The van der Waals surface area contributed by atoms with Gasteiger partial charge in [-0.25, -0.2) is 0 Å². The van der Waals surface area contributed by atoms with Gasteiger partial charge in [-0.15, -0.1) is 0 Å². The molecule has 0 fully saturated rings. The van der Waals surface area contributed by atoms with Crippen molar-refractivity contribution < 1.29 is 14.3 Å². The highest BCUT2D eigenvalue weighted by atomic mass is 35.5. The number of nitrogens with one attached hydrogen (secondary N) is 3. The molecule has 0 aliphatic rings. The highest BCUT2D eigenvalue weighted by molar-refractivity contribution is 6.68. The van der Waals surface area contributed by atoms with Gasteiger partial charge in [0, 0.05) is 23.0 Å². The number of methoxy groups -OCH3 is 1. The summed E-state index contributed by atoms with van der Waals surface area (Å²) >= 11 is 5.78. The summed E-state index contributed by atoms with van der Waals surface area (Å²) in [6.45, 7) is 0. The minimum Gasteiger partial charge on any atom is -0.495 e. The van der Waals surface area contributed by atoms with E-state index in [0.29, 0.717) is 16.5 Å². The van der Waals surface area contributed by atoms with Crippen LogP contribution in [0.4, 0.5) is 11.4 Å². The lowest BCUT2D eigenvalue weighted by Crippen LogP contribution is -2.28. The van der Waals surface area contributed by atoms with Crippen molar-refractivity contribution in [3.63, 3.8) is 0 Å². The number of hydrogen-bond donors (Lipinski definition) is 3. The van der Waals surface area contributed by atoms with E-state index in [-0.39, 0.29) is 0 Å². The third kappa shape index (κ3) is 5.19. The summed E-state index contributed by atoms with van der Waals surface area (Å²) in [5.41, 5.74) is 0.425. The van der Waals surface area contributed by atoms with E-state index < -0.39 is 17.4 Å². The first kappa shape index (κ1) is 18.2. The van der Waals surface area contributed by atoms with Gasteiger partial charge < -0.3 is 15.4 Å². The van der Waals surface area contributed by atoms with Crippen LogP contribution in [0.1, 0.15) is 0 Å². The number of amides is 1. The number of carbonyl (C=O) groups excluding carboxylic acids is 2. The lowest BCUT2D eigenvalue weighted by atomic mass is 10.2. The monoisotopic (exact) mass is 357 g/mol. The molecule has 0 aliphatic heterocycles. The van der Waals surface area contributed by atoms with Crippen molar-refractivity contribution in [1.29, 1.82) is 5.41 Å². The molecule has 1 amide bonds. The lowest BCUT2D eigenvalue weighted by molar-refractivity contribution is -0.113. The zero-order chi connectivity index (χ0) is 18.2. The molecule has 0 atom stereocenters. The molecule has 25 heavy (non-hydrogen) atoms. The number of ether oxygens (including phenoxy) is 1. The van der Waals surface area contributed by atoms with Crippen LogP contribution in [-0.4, -0.2) is 24.5 Å². The van der Waals surface area contributed by atoms with Crippen molar-refractivity contribution in [1.82, 2.24) is 0 Å². The normalized spacial score (nSPS) is 10.3. The molecule has 0 aliphatic carbocycles. The molecule has 0 unspecified atom stereocenters. The third-order valence-corrected chi connectivity index (χ3v) is 3.41. The Labute approximate surface area is 150 Å². The fraction of sp³-hybridized carbons (Fsp3) is 0.0556. The number of para-hydroxylation sites is 2. The summed E-state index contributed by atoms with van der Waals surface area (Å²) in [4.78, 5) is 23.9. The average Bonchev–Trinajstić information content (AvgIpc) is 2.63. The number of rotatable bonds is 7. The summed E-state index contributed by atoms with van der Waals surface area (Å²) in [5, 5.41) is 13.6. The van der Waals surface area contributed by atoms with Gasteiger partial charge in [0.05, 0.1) is 12.8 Å². The smallest absolute Gasteiger partial charge is 0.277 e. The molecular formula is C18H16ClN3O3. The van der Waals surface area contributed by atoms with Crippen molar-refractivity contribution >= 4 is 40.4 Å². The molecule has 128 valence electrons. The first-order chi connectivity index (χ1) is 12.0. The average molecular weight is 358 g/mol. The molecule has 6 nitrogen and oxygen atoms in total. The van der Waals surface area contributed by atoms with Gasteiger partial charge in [0.15, 0.2) is 5.71 Å². The second kappa shape index (κ2) is 8.65. The van der Waals surface area contributed by atoms with Gasteiger partial charge in [0.2, 0.25) is 5.78 Å². The van der Waals surface area contributed by atoms with Gasteiger partial charge in [-0.05, 0) is 36.4 Å². The predicted octanol–water partition coefficient (Wildman–Crippen LogP) is 3.50. The van der Waals surface area contributed by atoms with Crippen molar-refractivity contribution in [2.45, 2.75) is 0 Å². The van der Waals surface area contributed by atoms with Crippen molar-refractivity contribution in [2.75, 3.05) is 17.7 Å². The van der Waals surface area contributed by atoms with Crippen LogP contribution in [0, 0.1) is 5.41 Å². The topological polar surface area (TPSA) is 91.3 Å². The molecule has 0 spiro atoms. The Bertz CT molecular complexity index is 817. The van der Waals surface area contributed by atoms with Gasteiger partial charge in [-0.3, -0.25) is 15.0 Å². The molecular weight excluding hydrogens is 342 g/mol.